The number of hydrogen-bond donors (Lipinski definition) is 2. The minimum Gasteiger partial charge on any atom is -0.465 e. The molecule has 0 aliphatic carbocycles. The SMILES string of the molecule is COC(=O)c1ccc(NS(=O)(=O)c2ccc3c(c2)NC(=O)[C@H](C)CS3)cc1. The first kappa shape index (κ1) is 19.2. The van der Waals surface area contributed by atoms with Gasteiger partial charge in [-0.15, -0.1) is 11.8 Å². The fraction of sp³-hybridized carbons (Fsp3) is 0.222. The van der Waals surface area contributed by atoms with Crippen LogP contribution in [0.3, 0.4) is 0 Å². The summed E-state index contributed by atoms with van der Waals surface area (Å²) in [6.07, 6.45) is 0. The smallest absolute Gasteiger partial charge is 0.337 e. The molecule has 27 heavy (non-hydrogen) atoms. The average Bonchev–Trinajstić information content (AvgIpc) is 2.79. The second-order valence-corrected chi connectivity index (χ2v) is 8.78. The molecule has 0 fully saturated rings. The van der Waals surface area contributed by atoms with E-state index in [4.69, 9.17) is 0 Å². The zero-order chi connectivity index (χ0) is 19.6. The predicted octanol–water partition coefficient (Wildman–Crippen LogP) is 2.95. The minimum absolute atomic E-state index is 0.0359. The van der Waals surface area contributed by atoms with Gasteiger partial charge >= 0.3 is 5.97 Å². The van der Waals surface area contributed by atoms with Crippen molar-refractivity contribution in [3.05, 3.63) is 48.0 Å². The molecule has 1 aliphatic rings. The molecule has 142 valence electrons. The molecule has 2 aromatic rings. The quantitative estimate of drug-likeness (QED) is 0.757. The van der Waals surface area contributed by atoms with Crippen LogP contribution >= 0.6 is 11.8 Å². The van der Waals surface area contributed by atoms with E-state index in [9.17, 15) is 18.0 Å². The zero-order valence-corrected chi connectivity index (χ0v) is 16.3. The molecular weight excluding hydrogens is 388 g/mol. The van der Waals surface area contributed by atoms with Crippen molar-refractivity contribution in [1.82, 2.24) is 0 Å². The highest BCUT2D eigenvalue weighted by atomic mass is 32.2. The molecule has 7 nitrogen and oxygen atoms in total. The number of ether oxygens (including phenoxy) is 1. The predicted molar refractivity (Wildman–Crippen MR) is 104 cm³/mol. The Labute approximate surface area is 161 Å². The number of thioether (sulfide) groups is 1. The van der Waals surface area contributed by atoms with E-state index >= 15 is 0 Å². The topological polar surface area (TPSA) is 102 Å². The molecule has 0 aromatic heterocycles. The van der Waals surface area contributed by atoms with Crippen LogP contribution in [0.4, 0.5) is 11.4 Å². The summed E-state index contributed by atoms with van der Waals surface area (Å²) >= 11 is 1.51. The molecule has 1 atom stereocenters. The Morgan fingerprint density at radius 1 is 1.22 bits per heavy atom. The number of carbonyl (C=O) groups excluding carboxylic acids is 2. The number of nitrogens with one attached hydrogen (secondary N) is 2. The van der Waals surface area contributed by atoms with Crippen LogP contribution in [0.2, 0.25) is 0 Å². The first-order valence-electron chi connectivity index (χ1n) is 8.09. The number of rotatable bonds is 4. The molecule has 0 saturated heterocycles. The van der Waals surface area contributed by atoms with E-state index in [1.165, 1.54) is 55.3 Å². The van der Waals surface area contributed by atoms with Crippen molar-refractivity contribution in [1.29, 1.82) is 0 Å². The Balaban J connectivity index is 1.84. The van der Waals surface area contributed by atoms with Crippen LogP contribution in [0.25, 0.3) is 0 Å². The summed E-state index contributed by atoms with van der Waals surface area (Å²) in [4.78, 5) is 24.3. The summed E-state index contributed by atoms with van der Waals surface area (Å²) < 4.78 is 32.4. The molecular formula is C18H18N2O5S2. The Hall–Kier alpha value is -2.52. The monoisotopic (exact) mass is 406 g/mol. The highest BCUT2D eigenvalue weighted by Gasteiger charge is 2.23. The highest BCUT2D eigenvalue weighted by molar-refractivity contribution is 7.99. The lowest BCUT2D eigenvalue weighted by molar-refractivity contribution is -0.118. The highest BCUT2D eigenvalue weighted by Crippen LogP contribution is 2.34. The van der Waals surface area contributed by atoms with Gasteiger partial charge in [0.1, 0.15) is 0 Å². The van der Waals surface area contributed by atoms with Gasteiger partial charge in [-0.2, -0.15) is 0 Å². The second kappa shape index (κ2) is 7.61. The summed E-state index contributed by atoms with van der Waals surface area (Å²) in [5.41, 5.74) is 1.11. The van der Waals surface area contributed by atoms with Gasteiger partial charge < -0.3 is 10.1 Å². The maximum absolute atomic E-state index is 12.7. The van der Waals surface area contributed by atoms with Crippen molar-refractivity contribution in [2.45, 2.75) is 16.7 Å². The lowest BCUT2D eigenvalue weighted by Crippen LogP contribution is -2.20. The van der Waals surface area contributed by atoms with Crippen LogP contribution in [-0.4, -0.2) is 33.2 Å². The summed E-state index contributed by atoms with van der Waals surface area (Å²) in [6.45, 7) is 1.82. The normalized spacial score (nSPS) is 16.7. The summed E-state index contributed by atoms with van der Waals surface area (Å²) in [7, 11) is -2.58. The van der Waals surface area contributed by atoms with Gasteiger partial charge in [0.15, 0.2) is 0 Å². The van der Waals surface area contributed by atoms with E-state index in [0.29, 0.717) is 22.7 Å². The third-order valence-corrected chi connectivity index (χ3v) is 6.73. The van der Waals surface area contributed by atoms with Crippen molar-refractivity contribution < 1.29 is 22.7 Å². The lowest BCUT2D eigenvalue weighted by atomic mass is 10.2. The summed E-state index contributed by atoms with van der Waals surface area (Å²) in [6, 6.07) is 10.5. The molecule has 1 heterocycles. The lowest BCUT2D eigenvalue weighted by Gasteiger charge is -2.12. The molecule has 0 spiro atoms. The molecule has 1 aliphatic heterocycles. The molecule has 0 saturated carbocycles. The molecule has 0 bridgehead atoms. The second-order valence-electron chi connectivity index (χ2n) is 6.03. The number of methoxy groups -OCH3 is 1. The van der Waals surface area contributed by atoms with Gasteiger partial charge in [-0.25, -0.2) is 13.2 Å². The van der Waals surface area contributed by atoms with Crippen LogP contribution in [0.1, 0.15) is 17.3 Å². The standard InChI is InChI=1S/C18H18N2O5S2/c1-11-10-26-16-8-7-14(9-15(16)19-17(11)21)27(23,24)20-13-5-3-12(4-6-13)18(22)25-2/h3-9,11,20H,10H2,1-2H3,(H,19,21)/t11-/m1/s1. The number of hydrogen-bond acceptors (Lipinski definition) is 6. The van der Waals surface area contributed by atoms with E-state index in [2.05, 4.69) is 14.8 Å². The van der Waals surface area contributed by atoms with E-state index in [1.807, 2.05) is 6.92 Å². The van der Waals surface area contributed by atoms with Gasteiger partial charge in [-0.3, -0.25) is 9.52 Å². The molecule has 2 N–H and O–H groups in total. The van der Waals surface area contributed by atoms with E-state index in [1.54, 1.807) is 6.07 Å². The van der Waals surface area contributed by atoms with Crippen molar-refractivity contribution in [3.8, 4) is 0 Å². The van der Waals surface area contributed by atoms with Crippen molar-refractivity contribution in [2.75, 3.05) is 22.9 Å². The number of sulfonamides is 1. The molecule has 9 heteroatoms. The van der Waals surface area contributed by atoms with Gasteiger partial charge in [-0.05, 0) is 42.5 Å². The largest absolute Gasteiger partial charge is 0.465 e. The third-order valence-electron chi connectivity index (χ3n) is 4.01. The Morgan fingerprint density at radius 3 is 2.59 bits per heavy atom. The maximum atomic E-state index is 12.7. The van der Waals surface area contributed by atoms with E-state index < -0.39 is 16.0 Å². The van der Waals surface area contributed by atoms with Gasteiger partial charge in [0, 0.05) is 22.3 Å². The van der Waals surface area contributed by atoms with E-state index in [0.717, 1.165) is 4.90 Å². The number of esters is 1. The Morgan fingerprint density at radius 2 is 1.93 bits per heavy atom. The van der Waals surface area contributed by atoms with Crippen molar-refractivity contribution in [2.24, 2.45) is 5.92 Å². The van der Waals surface area contributed by atoms with Crippen LogP contribution < -0.4 is 10.0 Å². The number of amides is 1. The maximum Gasteiger partial charge on any atom is 0.337 e. The van der Waals surface area contributed by atoms with Crippen LogP contribution in [0.5, 0.6) is 0 Å². The molecule has 2 aromatic carbocycles. The van der Waals surface area contributed by atoms with Crippen LogP contribution in [-0.2, 0) is 19.6 Å². The fourth-order valence-electron chi connectivity index (χ4n) is 2.45. The average molecular weight is 406 g/mol. The van der Waals surface area contributed by atoms with Gasteiger partial charge in [-0.1, -0.05) is 6.92 Å². The first-order chi connectivity index (χ1) is 12.8. The zero-order valence-electron chi connectivity index (χ0n) is 14.7. The molecule has 3 rings (SSSR count). The number of anilines is 2. The molecule has 1 amide bonds. The van der Waals surface area contributed by atoms with Crippen LogP contribution in [0, 0.1) is 5.92 Å². The van der Waals surface area contributed by atoms with Crippen molar-refractivity contribution in [3.63, 3.8) is 0 Å². The van der Waals surface area contributed by atoms with E-state index in [-0.39, 0.29) is 16.7 Å². The van der Waals surface area contributed by atoms with Gasteiger partial charge in [0.2, 0.25) is 5.91 Å². The number of fused-ring (bicyclic) bond motifs is 1. The van der Waals surface area contributed by atoms with Gasteiger partial charge in [0.25, 0.3) is 10.0 Å². The number of benzene rings is 2. The Kier molecular flexibility index (Phi) is 5.43. The van der Waals surface area contributed by atoms with Gasteiger partial charge in [0.05, 0.1) is 23.3 Å². The summed E-state index contributed by atoms with van der Waals surface area (Å²) in [5, 5.41) is 2.77. The molecule has 0 radical (unpaired) electrons. The van der Waals surface area contributed by atoms with Crippen LogP contribution in [0.15, 0.2) is 52.3 Å². The fourth-order valence-corrected chi connectivity index (χ4v) is 4.55. The summed E-state index contributed by atoms with van der Waals surface area (Å²) in [5.74, 6) is -0.163. The molecule has 0 unspecified atom stereocenters. The van der Waals surface area contributed by atoms with Crippen molar-refractivity contribution >= 4 is 45.0 Å². The third kappa shape index (κ3) is 4.25. The first-order valence-corrected chi connectivity index (χ1v) is 10.6. The Bertz CT molecular complexity index is 987. The number of carbonyl (C=O) groups is 2. The minimum atomic E-state index is -3.86.